The lowest BCUT2D eigenvalue weighted by atomic mass is 9.87. The Hall–Kier alpha value is -2.44. The van der Waals surface area contributed by atoms with Crippen LogP contribution in [-0.4, -0.2) is 32.3 Å². The number of carbonyl (C=O) groups excluding carboxylic acids is 1. The van der Waals surface area contributed by atoms with Gasteiger partial charge in [0.15, 0.2) is 0 Å². The van der Waals surface area contributed by atoms with Crippen molar-refractivity contribution in [2.45, 2.75) is 45.6 Å². The summed E-state index contributed by atoms with van der Waals surface area (Å²) in [5, 5.41) is 17.1. The molecule has 0 atom stereocenters. The van der Waals surface area contributed by atoms with Gasteiger partial charge in [-0.05, 0) is 66.6 Å². The number of carbonyl (C=O) groups is 1. The van der Waals surface area contributed by atoms with E-state index in [1.807, 2.05) is 25.1 Å². The zero-order chi connectivity index (χ0) is 16.2. The number of anilines is 1. The number of nitrogens with one attached hydrogen (secondary N) is 2. The van der Waals surface area contributed by atoms with Crippen LogP contribution < -0.4 is 10.6 Å². The molecular formula is C16H22N6O. The van der Waals surface area contributed by atoms with Crippen molar-refractivity contribution in [3.8, 4) is 5.69 Å². The maximum Gasteiger partial charge on any atom is 0.319 e. The molecule has 0 spiro atoms. The maximum absolute atomic E-state index is 12.2. The highest BCUT2D eigenvalue weighted by atomic mass is 16.2. The number of nitrogens with zero attached hydrogens (tertiary/aromatic N) is 4. The predicted octanol–water partition coefficient (Wildman–Crippen LogP) is 2.67. The number of aromatic nitrogens is 4. The van der Waals surface area contributed by atoms with E-state index in [0.29, 0.717) is 0 Å². The van der Waals surface area contributed by atoms with Crippen molar-refractivity contribution in [1.29, 1.82) is 0 Å². The monoisotopic (exact) mass is 314 g/mol. The van der Waals surface area contributed by atoms with Gasteiger partial charge >= 0.3 is 6.03 Å². The number of rotatable bonds is 3. The molecule has 1 aliphatic carbocycles. The summed E-state index contributed by atoms with van der Waals surface area (Å²) in [6.45, 7) is 4.24. The number of aryl methyl sites for hydroxylation is 1. The largest absolute Gasteiger partial charge is 0.335 e. The third-order valence-electron chi connectivity index (χ3n) is 4.41. The van der Waals surface area contributed by atoms with Crippen LogP contribution in [0.2, 0.25) is 0 Å². The van der Waals surface area contributed by atoms with E-state index in [9.17, 15) is 4.79 Å². The lowest BCUT2D eigenvalue weighted by Crippen LogP contribution is -2.39. The highest BCUT2D eigenvalue weighted by Gasteiger charge is 2.19. The fraction of sp³-hybridized carbons (Fsp3) is 0.500. The van der Waals surface area contributed by atoms with Gasteiger partial charge in [-0.3, -0.25) is 0 Å². The fourth-order valence-electron chi connectivity index (χ4n) is 2.96. The molecule has 1 fully saturated rings. The lowest BCUT2D eigenvalue weighted by molar-refractivity contribution is 0.239. The third-order valence-corrected chi connectivity index (χ3v) is 4.41. The molecule has 1 heterocycles. The van der Waals surface area contributed by atoms with Crippen LogP contribution in [0, 0.1) is 12.8 Å². The van der Waals surface area contributed by atoms with Crippen molar-refractivity contribution in [2.24, 2.45) is 5.92 Å². The van der Waals surface area contributed by atoms with E-state index in [-0.39, 0.29) is 12.1 Å². The number of hydrogen-bond donors (Lipinski definition) is 2. The Morgan fingerprint density at radius 3 is 2.74 bits per heavy atom. The van der Waals surface area contributed by atoms with Crippen molar-refractivity contribution in [2.75, 3.05) is 5.32 Å². The molecule has 2 aromatic rings. The normalized spacial score (nSPS) is 21.0. The molecule has 1 saturated carbocycles. The molecule has 0 aliphatic heterocycles. The summed E-state index contributed by atoms with van der Waals surface area (Å²) in [6, 6.07) is 5.81. The molecule has 2 amide bonds. The van der Waals surface area contributed by atoms with Gasteiger partial charge in [-0.2, -0.15) is 0 Å². The zero-order valence-corrected chi connectivity index (χ0v) is 13.5. The van der Waals surface area contributed by atoms with E-state index in [1.54, 1.807) is 4.68 Å². The van der Waals surface area contributed by atoms with Crippen molar-refractivity contribution in [3.05, 3.63) is 30.1 Å². The topological polar surface area (TPSA) is 84.7 Å². The number of hydrogen-bond acceptors (Lipinski definition) is 4. The molecule has 0 unspecified atom stereocenters. The molecule has 7 nitrogen and oxygen atoms in total. The van der Waals surface area contributed by atoms with Crippen LogP contribution in [-0.2, 0) is 0 Å². The number of tetrazole rings is 1. The summed E-state index contributed by atoms with van der Waals surface area (Å²) in [7, 11) is 0. The minimum absolute atomic E-state index is 0.156. The van der Waals surface area contributed by atoms with Gasteiger partial charge in [0.1, 0.15) is 6.33 Å². The van der Waals surface area contributed by atoms with E-state index < -0.39 is 0 Å². The van der Waals surface area contributed by atoms with E-state index >= 15 is 0 Å². The highest BCUT2D eigenvalue weighted by molar-refractivity contribution is 5.89. The highest BCUT2D eigenvalue weighted by Crippen LogP contribution is 2.23. The Kier molecular flexibility index (Phi) is 4.55. The summed E-state index contributed by atoms with van der Waals surface area (Å²) in [6.07, 6.45) is 6.00. The molecule has 122 valence electrons. The van der Waals surface area contributed by atoms with Gasteiger partial charge in [0.2, 0.25) is 0 Å². The van der Waals surface area contributed by atoms with E-state index in [2.05, 4.69) is 33.1 Å². The molecular weight excluding hydrogens is 292 g/mol. The maximum atomic E-state index is 12.2. The van der Waals surface area contributed by atoms with Crippen molar-refractivity contribution in [1.82, 2.24) is 25.5 Å². The van der Waals surface area contributed by atoms with Gasteiger partial charge in [0, 0.05) is 11.7 Å². The molecule has 7 heteroatoms. The predicted molar refractivity (Wildman–Crippen MR) is 87.5 cm³/mol. The van der Waals surface area contributed by atoms with Gasteiger partial charge in [-0.1, -0.05) is 13.0 Å². The van der Waals surface area contributed by atoms with Gasteiger partial charge in [-0.15, -0.1) is 5.10 Å². The molecule has 3 rings (SSSR count). The van der Waals surface area contributed by atoms with Crippen LogP contribution in [0.4, 0.5) is 10.5 Å². The quantitative estimate of drug-likeness (QED) is 0.912. The van der Waals surface area contributed by atoms with Crippen molar-refractivity contribution < 1.29 is 4.79 Å². The Balaban J connectivity index is 1.63. The van der Waals surface area contributed by atoms with Crippen LogP contribution in [0.15, 0.2) is 24.5 Å². The molecule has 0 radical (unpaired) electrons. The van der Waals surface area contributed by atoms with Crippen molar-refractivity contribution >= 4 is 11.7 Å². The molecule has 1 aromatic heterocycles. The number of urea groups is 1. The first-order valence-corrected chi connectivity index (χ1v) is 8.03. The first kappa shape index (κ1) is 15.5. The second-order valence-corrected chi connectivity index (χ2v) is 6.31. The average Bonchev–Trinajstić information content (AvgIpc) is 3.06. The first-order valence-electron chi connectivity index (χ1n) is 8.03. The Labute approximate surface area is 135 Å². The van der Waals surface area contributed by atoms with Crippen LogP contribution in [0.3, 0.4) is 0 Å². The number of benzene rings is 1. The Bertz CT molecular complexity index is 661. The van der Waals surface area contributed by atoms with Crippen LogP contribution >= 0.6 is 0 Å². The van der Waals surface area contributed by atoms with Crippen molar-refractivity contribution in [3.63, 3.8) is 0 Å². The Morgan fingerprint density at radius 1 is 1.26 bits per heavy atom. The molecule has 0 bridgehead atoms. The minimum Gasteiger partial charge on any atom is -0.335 e. The first-order chi connectivity index (χ1) is 11.1. The van der Waals surface area contributed by atoms with E-state index in [1.165, 1.54) is 19.2 Å². The van der Waals surface area contributed by atoms with Crippen LogP contribution in [0.5, 0.6) is 0 Å². The van der Waals surface area contributed by atoms with Gasteiger partial charge in [-0.25, -0.2) is 9.48 Å². The summed E-state index contributed by atoms with van der Waals surface area (Å²) >= 11 is 0. The molecule has 23 heavy (non-hydrogen) atoms. The summed E-state index contributed by atoms with van der Waals surface area (Å²) < 4.78 is 1.58. The second kappa shape index (κ2) is 6.76. The smallest absolute Gasteiger partial charge is 0.319 e. The van der Waals surface area contributed by atoms with Gasteiger partial charge in [0.25, 0.3) is 0 Å². The lowest BCUT2D eigenvalue weighted by Gasteiger charge is -2.27. The minimum atomic E-state index is -0.156. The fourth-order valence-corrected chi connectivity index (χ4v) is 2.96. The summed E-state index contributed by atoms with van der Waals surface area (Å²) in [4.78, 5) is 12.2. The molecule has 0 saturated heterocycles. The second-order valence-electron chi connectivity index (χ2n) is 6.31. The molecule has 1 aromatic carbocycles. The Morgan fingerprint density at radius 2 is 2.04 bits per heavy atom. The SMILES string of the molecule is Cc1ccc(NC(=O)NC2CCC(C)CC2)cc1-n1cnnn1. The number of amides is 2. The van der Waals surface area contributed by atoms with Gasteiger partial charge < -0.3 is 10.6 Å². The third kappa shape index (κ3) is 3.85. The standard InChI is InChI=1S/C16H22N6O/c1-11-3-6-13(7-4-11)18-16(23)19-14-8-5-12(2)15(9-14)22-10-17-20-21-22/h5,8-11,13H,3-4,6-7H2,1-2H3,(H2,18,19,23). The van der Waals surface area contributed by atoms with E-state index in [4.69, 9.17) is 0 Å². The van der Waals surface area contributed by atoms with Gasteiger partial charge in [0.05, 0.1) is 5.69 Å². The zero-order valence-electron chi connectivity index (χ0n) is 13.5. The van der Waals surface area contributed by atoms with Crippen LogP contribution in [0.25, 0.3) is 5.69 Å². The summed E-state index contributed by atoms with van der Waals surface area (Å²) in [5.74, 6) is 0.770. The van der Waals surface area contributed by atoms with Crippen LogP contribution in [0.1, 0.15) is 38.2 Å². The summed E-state index contributed by atoms with van der Waals surface area (Å²) in [5.41, 5.74) is 2.60. The van der Waals surface area contributed by atoms with E-state index in [0.717, 1.165) is 35.7 Å². The average molecular weight is 314 g/mol. The molecule has 2 N–H and O–H groups in total. The molecule has 1 aliphatic rings.